The molecule has 1 aliphatic heterocycles. The minimum Gasteiger partial charge on any atom is -0.476 e. The van der Waals surface area contributed by atoms with Crippen molar-refractivity contribution in [3.63, 3.8) is 0 Å². The van der Waals surface area contributed by atoms with Crippen LogP contribution in [0.4, 0.5) is 17.1 Å². The molecule has 0 bridgehead atoms. The normalized spacial score (nSPS) is 14.1. The number of hydrogen-bond acceptors (Lipinski definition) is 6. The van der Waals surface area contributed by atoms with Gasteiger partial charge >= 0.3 is 5.69 Å². The van der Waals surface area contributed by atoms with Gasteiger partial charge in [-0.3, -0.25) is 29.9 Å². The zero-order valence-electron chi connectivity index (χ0n) is 17.9. The summed E-state index contributed by atoms with van der Waals surface area (Å²) in [5, 5.41) is 15.7. The van der Waals surface area contributed by atoms with Crippen LogP contribution in [0.5, 0.6) is 5.75 Å². The highest BCUT2D eigenvalue weighted by molar-refractivity contribution is 6.31. The minimum atomic E-state index is -0.684. The first-order chi connectivity index (χ1) is 16.8. The second-order valence-electron chi connectivity index (χ2n) is 7.27. The van der Waals surface area contributed by atoms with Crippen molar-refractivity contribution in [1.29, 1.82) is 0 Å². The molecule has 2 N–H and O–H groups in total. The van der Waals surface area contributed by atoms with E-state index in [2.05, 4.69) is 10.7 Å². The summed E-state index contributed by atoms with van der Waals surface area (Å²) in [4.78, 5) is 48.6. The SMILES string of the molecule is O=C(COc1c(/C=C2/C(=O)NN(c3ccccc3)C2=O)cccc1[N+](=O)[O-])Nc1ccc(Cl)cc1. The smallest absolute Gasteiger partial charge is 0.311 e. The molecule has 0 unspecified atom stereocenters. The molecule has 0 radical (unpaired) electrons. The number of para-hydroxylation sites is 2. The average Bonchev–Trinajstić information content (AvgIpc) is 3.13. The fourth-order valence-electron chi connectivity index (χ4n) is 3.30. The lowest BCUT2D eigenvalue weighted by atomic mass is 10.1. The van der Waals surface area contributed by atoms with Crippen molar-refractivity contribution in [2.45, 2.75) is 0 Å². The first kappa shape index (κ1) is 23.5. The summed E-state index contributed by atoms with van der Waals surface area (Å²) in [6.07, 6.45) is 1.19. The van der Waals surface area contributed by atoms with Gasteiger partial charge in [-0.2, -0.15) is 0 Å². The second-order valence-corrected chi connectivity index (χ2v) is 7.71. The summed E-state index contributed by atoms with van der Waals surface area (Å²) in [5.41, 5.74) is 2.78. The van der Waals surface area contributed by atoms with Crippen molar-refractivity contribution >= 4 is 52.5 Å². The minimum absolute atomic E-state index is 0.0897. The molecule has 10 nitrogen and oxygen atoms in total. The number of amides is 3. The number of carbonyl (C=O) groups is 3. The van der Waals surface area contributed by atoms with Crippen LogP contribution in [0.15, 0.2) is 78.4 Å². The number of hydrazine groups is 1. The molecular formula is C24H17ClN4O6. The molecule has 1 fully saturated rings. The summed E-state index contributed by atoms with van der Waals surface area (Å²) in [6, 6.07) is 18.8. The summed E-state index contributed by atoms with van der Waals surface area (Å²) in [6.45, 7) is -0.556. The van der Waals surface area contributed by atoms with Gasteiger partial charge in [0.2, 0.25) is 5.75 Å². The van der Waals surface area contributed by atoms with E-state index in [1.807, 2.05) is 0 Å². The van der Waals surface area contributed by atoms with Crippen molar-refractivity contribution in [1.82, 2.24) is 5.43 Å². The molecule has 3 amide bonds. The standard InChI is InChI=1S/C24H17ClN4O6/c25-16-9-11-17(12-10-16)26-21(30)14-35-22-15(5-4-8-20(22)29(33)34)13-19-23(31)27-28(24(19)32)18-6-2-1-3-7-18/h1-13H,14H2,(H,26,30)(H,27,31)/b19-13-. The lowest BCUT2D eigenvalue weighted by molar-refractivity contribution is -0.385. The Balaban J connectivity index is 1.59. The van der Waals surface area contributed by atoms with Gasteiger partial charge in [-0.05, 0) is 42.5 Å². The fraction of sp³-hybridized carbons (Fsp3) is 0.0417. The number of rotatable bonds is 7. The zero-order valence-corrected chi connectivity index (χ0v) is 18.7. The third kappa shape index (κ3) is 5.28. The summed E-state index contributed by atoms with van der Waals surface area (Å²) < 4.78 is 5.50. The Morgan fingerprint density at radius 2 is 1.77 bits per heavy atom. The van der Waals surface area contributed by atoms with Crippen molar-refractivity contribution in [2.75, 3.05) is 16.9 Å². The number of anilines is 2. The number of nitro benzene ring substituents is 1. The van der Waals surface area contributed by atoms with Gasteiger partial charge in [0.1, 0.15) is 5.57 Å². The Hall–Kier alpha value is -4.70. The zero-order chi connectivity index (χ0) is 24.9. The maximum absolute atomic E-state index is 12.9. The number of carbonyl (C=O) groups excluding carboxylic acids is 3. The van der Waals surface area contributed by atoms with E-state index in [0.717, 1.165) is 5.01 Å². The van der Waals surface area contributed by atoms with Gasteiger partial charge in [-0.25, -0.2) is 5.01 Å². The second kappa shape index (κ2) is 10.1. The topological polar surface area (TPSA) is 131 Å². The first-order valence-corrected chi connectivity index (χ1v) is 10.6. The van der Waals surface area contributed by atoms with Gasteiger partial charge in [-0.1, -0.05) is 41.9 Å². The van der Waals surface area contributed by atoms with E-state index in [4.69, 9.17) is 16.3 Å². The summed E-state index contributed by atoms with van der Waals surface area (Å²) in [5.74, 6) is -2.15. The quantitative estimate of drug-likeness (QED) is 0.224. The monoisotopic (exact) mass is 492 g/mol. The van der Waals surface area contributed by atoms with E-state index in [-0.39, 0.29) is 16.9 Å². The number of nitrogens with one attached hydrogen (secondary N) is 2. The molecule has 0 saturated carbocycles. The predicted octanol–water partition coefficient (Wildman–Crippen LogP) is 3.73. The van der Waals surface area contributed by atoms with E-state index in [0.29, 0.717) is 16.4 Å². The van der Waals surface area contributed by atoms with Crippen molar-refractivity contribution < 1.29 is 24.0 Å². The van der Waals surface area contributed by atoms with E-state index in [9.17, 15) is 24.5 Å². The maximum atomic E-state index is 12.9. The first-order valence-electron chi connectivity index (χ1n) is 10.2. The molecule has 1 heterocycles. The number of ether oxygens (including phenoxy) is 1. The van der Waals surface area contributed by atoms with Gasteiger partial charge in [-0.15, -0.1) is 0 Å². The molecule has 0 aliphatic carbocycles. The van der Waals surface area contributed by atoms with Crippen molar-refractivity contribution in [2.24, 2.45) is 0 Å². The van der Waals surface area contributed by atoms with E-state index >= 15 is 0 Å². The number of nitro groups is 1. The Bertz CT molecular complexity index is 1340. The average molecular weight is 493 g/mol. The molecule has 176 valence electrons. The molecule has 4 rings (SSSR count). The highest BCUT2D eigenvalue weighted by atomic mass is 35.5. The lowest BCUT2D eigenvalue weighted by Crippen LogP contribution is -2.35. The Morgan fingerprint density at radius 3 is 2.46 bits per heavy atom. The Labute approximate surface area is 203 Å². The van der Waals surface area contributed by atoms with Crippen LogP contribution in [0.1, 0.15) is 5.56 Å². The van der Waals surface area contributed by atoms with E-state index in [1.165, 1.54) is 24.3 Å². The van der Waals surface area contributed by atoms with Crippen LogP contribution >= 0.6 is 11.6 Å². The largest absolute Gasteiger partial charge is 0.476 e. The van der Waals surface area contributed by atoms with Crippen LogP contribution in [0.3, 0.4) is 0 Å². The summed E-state index contributed by atoms with van der Waals surface area (Å²) >= 11 is 5.83. The lowest BCUT2D eigenvalue weighted by Gasteiger charge is -2.14. The highest BCUT2D eigenvalue weighted by Crippen LogP contribution is 2.33. The predicted molar refractivity (Wildman–Crippen MR) is 129 cm³/mol. The van der Waals surface area contributed by atoms with E-state index in [1.54, 1.807) is 54.6 Å². The molecule has 11 heteroatoms. The van der Waals surface area contributed by atoms with Gasteiger partial charge in [0.15, 0.2) is 6.61 Å². The van der Waals surface area contributed by atoms with Crippen LogP contribution in [0.25, 0.3) is 6.08 Å². The molecule has 3 aromatic rings. The van der Waals surface area contributed by atoms with Gasteiger partial charge in [0.05, 0.1) is 10.6 Å². The number of hydrogen-bond donors (Lipinski definition) is 2. The maximum Gasteiger partial charge on any atom is 0.311 e. The molecule has 0 atom stereocenters. The van der Waals surface area contributed by atoms with Crippen LogP contribution in [0.2, 0.25) is 5.02 Å². The van der Waals surface area contributed by atoms with Crippen LogP contribution in [-0.4, -0.2) is 29.3 Å². The molecule has 1 saturated heterocycles. The molecule has 35 heavy (non-hydrogen) atoms. The number of halogens is 1. The van der Waals surface area contributed by atoms with Crippen molar-refractivity contribution in [3.05, 3.63) is 99.1 Å². The number of benzene rings is 3. The highest BCUT2D eigenvalue weighted by Gasteiger charge is 2.35. The Morgan fingerprint density at radius 1 is 1.06 bits per heavy atom. The molecule has 3 aromatic carbocycles. The van der Waals surface area contributed by atoms with Crippen LogP contribution in [0, 0.1) is 10.1 Å². The van der Waals surface area contributed by atoms with E-state index < -0.39 is 34.9 Å². The number of nitrogens with zero attached hydrogens (tertiary/aromatic N) is 2. The third-order valence-electron chi connectivity index (χ3n) is 4.90. The third-order valence-corrected chi connectivity index (χ3v) is 5.15. The van der Waals surface area contributed by atoms with Crippen molar-refractivity contribution in [3.8, 4) is 5.75 Å². The van der Waals surface area contributed by atoms with Crippen LogP contribution in [-0.2, 0) is 14.4 Å². The van der Waals surface area contributed by atoms with Gasteiger partial charge < -0.3 is 10.1 Å². The molecular weight excluding hydrogens is 476 g/mol. The molecule has 0 aromatic heterocycles. The molecule has 1 aliphatic rings. The van der Waals surface area contributed by atoms with Gasteiger partial charge in [0, 0.05) is 22.3 Å². The fourth-order valence-corrected chi connectivity index (χ4v) is 3.42. The Kier molecular flexibility index (Phi) is 6.74. The molecule has 0 spiro atoms. The van der Waals surface area contributed by atoms with Gasteiger partial charge in [0.25, 0.3) is 17.7 Å². The summed E-state index contributed by atoms with van der Waals surface area (Å²) in [7, 11) is 0. The van der Waals surface area contributed by atoms with Crippen LogP contribution < -0.4 is 20.5 Å².